The SMILES string of the molecule is Cc1oc(-c2ccc(C(F)(F)F)cc2)nc1COc1cccc(C(C)(C)C(=O)N2c3ccccc3CC2C(=O)O)c1. The van der Waals surface area contributed by atoms with Crippen molar-refractivity contribution in [1.82, 2.24) is 4.98 Å². The van der Waals surface area contributed by atoms with Crippen molar-refractivity contribution in [3.63, 3.8) is 0 Å². The van der Waals surface area contributed by atoms with Crippen LogP contribution in [0.5, 0.6) is 5.75 Å². The van der Waals surface area contributed by atoms with E-state index in [9.17, 15) is 27.9 Å². The molecule has 4 aromatic rings. The molecule has 3 aromatic carbocycles. The number of aliphatic carboxylic acids is 1. The minimum absolute atomic E-state index is 0.0222. The summed E-state index contributed by atoms with van der Waals surface area (Å²) in [5.74, 6) is -0.326. The monoisotopic (exact) mass is 564 g/mol. The summed E-state index contributed by atoms with van der Waals surface area (Å²) < 4.78 is 50.3. The average Bonchev–Trinajstić information content (AvgIpc) is 3.52. The van der Waals surface area contributed by atoms with Crippen molar-refractivity contribution in [2.45, 2.75) is 51.4 Å². The zero-order valence-corrected chi connectivity index (χ0v) is 22.5. The number of para-hydroxylation sites is 1. The molecule has 0 fully saturated rings. The number of carboxylic acids is 1. The third kappa shape index (κ3) is 5.41. The number of carboxylic acid groups (broad SMARTS) is 1. The number of anilines is 1. The molecule has 2 heterocycles. The highest BCUT2D eigenvalue weighted by atomic mass is 19.4. The number of benzene rings is 3. The third-order valence-corrected chi connectivity index (χ3v) is 7.30. The van der Waals surface area contributed by atoms with E-state index in [2.05, 4.69) is 4.98 Å². The third-order valence-electron chi connectivity index (χ3n) is 7.30. The van der Waals surface area contributed by atoms with Gasteiger partial charge in [-0.2, -0.15) is 13.2 Å². The largest absolute Gasteiger partial charge is 0.487 e. The maximum atomic E-state index is 13.8. The molecule has 7 nitrogen and oxygen atoms in total. The fourth-order valence-electron chi connectivity index (χ4n) is 4.87. The second-order valence-electron chi connectivity index (χ2n) is 10.4. The number of oxazole rings is 1. The summed E-state index contributed by atoms with van der Waals surface area (Å²) in [5, 5.41) is 9.83. The molecule has 41 heavy (non-hydrogen) atoms. The first kappa shape index (κ1) is 27.9. The summed E-state index contributed by atoms with van der Waals surface area (Å²) in [7, 11) is 0. The van der Waals surface area contributed by atoms with Crippen molar-refractivity contribution in [3.05, 3.63) is 101 Å². The van der Waals surface area contributed by atoms with Gasteiger partial charge in [0.1, 0.15) is 29.9 Å². The van der Waals surface area contributed by atoms with Gasteiger partial charge in [-0.1, -0.05) is 30.3 Å². The number of hydrogen-bond acceptors (Lipinski definition) is 5. The molecule has 1 aromatic heterocycles. The molecule has 212 valence electrons. The average molecular weight is 565 g/mol. The number of fused-ring (bicyclic) bond motifs is 1. The van der Waals surface area contributed by atoms with Crippen molar-refractivity contribution in [3.8, 4) is 17.2 Å². The summed E-state index contributed by atoms with van der Waals surface area (Å²) in [6.07, 6.45) is -4.20. The number of aromatic nitrogens is 1. The van der Waals surface area contributed by atoms with Crippen LogP contribution in [0.4, 0.5) is 18.9 Å². The number of halogens is 3. The van der Waals surface area contributed by atoms with E-state index >= 15 is 0 Å². The number of aryl methyl sites for hydroxylation is 1. The first-order valence-electron chi connectivity index (χ1n) is 12.9. The molecule has 1 aliphatic heterocycles. The molecule has 1 unspecified atom stereocenters. The van der Waals surface area contributed by atoms with Crippen LogP contribution in [-0.4, -0.2) is 28.0 Å². The van der Waals surface area contributed by atoms with Crippen LogP contribution in [-0.2, 0) is 34.2 Å². The Labute approximate surface area is 234 Å². The summed E-state index contributed by atoms with van der Waals surface area (Å²) in [5.41, 5.74) is 1.06. The van der Waals surface area contributed by atoms with Crippen molar-refractivity contribution < 1.29 is 37.0 Å². The van der Waals surface area contributed by atoms with E-state index in [1.165, 1.54) is 17.0 Å². The van der Waals surface area contributed by atoms with E-state index in [0.29, 0.717) is 34.0 Å². The van der Waals surface area contributed by atoms with Gasteiger partial charge in [0.05, 0.1) is 11.0 Å². The number of nitrogens with zero attached hydrogens (tertiary/aromatic N) is 2. The standard InChI is InChI=1S/C31H27F3N2O5/c1-18-24(35-27(41-18)19-11-13-21(14-12-19)31(32,33)34)17-40-23-9-6-8-22(16-23)30(2,3)29(39)36-25-10-5-4-7-20(25)15-26(36)28(37)38/h4-14,16,26H,15,17H2,1-3H3,(H,37,38). The lowest BCUT2D eigenvalue weighted by atomic mass is 9.82. The van der Waals surface area contributed by atoms with Gasteiger partial charge in [0, 0.05) is 17.7 Å². The molecular formula is C31H27F3N2O5. The quantitative estimate of drug-likeness (QED) is 0.273. The number of ether oxygens (including phenoxy) is 1. The summed E-state index contributed by atoms with van der Waals surface area (Å²) in [6.45, 7) is 5.19. The predicted molar refractivity (Wildman–Crippen MR) is 145 cm³/mol. The summed E-state index contributed by atoms with van der Waals surface area (Å²) in [6, 6.07) is 17.7. The Hall–Kier alpha value is -4.60. The van der Waals surface area contributed by atoms with Crippen LogP contribution in [0.3, 0.4) is 0 Å². The van der Waals surface area contributed by atoms with Gasteiger partial charge in [-0.25, -0.2) is 9.78 Å². The molecule has 5 rings (SSSR count). The molecule has 1 aliphatic rings. The molecule has 0 bridgehead atoms. The lowest BCUT2D eigenvalue weighted by Gasteiger charge is -2.32. The second kappa shape index (κ2) is 10.4. The van der Waals surface area contributed by atoms with Gasteiger partial charge >= 0.3 is 12.1 Å². The van der Waals surface area contributed by atoms with Crippen molar-refractivity contribution in [2.75, 3.05) is 4.90 Å². The van der Waals surface area contributed by atoms with Crippen molar-refractivity contribution in [2.24, 2.45) is 0 Å². The predicted octanol–water partition coefficient (Wildman–Crippen LogP) is 6.57. The number of amides is 1. The van der Waals surface area contributed by atoms with Crippen LogP contribution in [0.1, 0.15) is 42.0 Å². The molecule has 0 saturated carbocycles. The molecule has 1 atom stereocenters. The minimum atomic E-state index is -4.44. The second-order valence-corrected chi connectivity index (χ2v) is 10.4. The molecule has 1 N–H and O–H groups in total. The summed E-state index contributed by atoms with van der Waals surface area (Å²) >= 11 is 0. The number of hydrogen-bond donors (Lipinski definition) is 1. The normalized spacial score (nSPS) is 15.1. The molecule has 0 spiro atoms. The Kier molecular flexibility index (Phi) is 7.10. The van der Waals surface area contributed by atoms with Gasteiger partial charge in [0.2, 0.25) is 11.8 Å². The van der Waals surface area contributed by atoms with E-state index in [-0.39, 0.29) is 24.8 Å². The van der Waals surface area contributed by atoms with E-state index in [0.717, 1.165) is 17.7 Å². The fourth-order valence-corrected chi connectivity index (χ4v) is 4.87. The molecule has 0 saturated heterocycles. The molecule has 0 aliphatic carbocycles. The van der Waals surface area contributed by atoms with Gasteiger partial charge in [0.25, 0.3) is 0 Å². The van der Waals surface area contributed by atoms with Crippen LogP contribution >= 0.6 is 0 Å². The van der Waals surface area contributed by atoms with Gasteiger partial charge in [0.15, 0.2) is 0 Å². The Morgan fingerprint density at radius 2 is 1.73 bits per heavy atom. The van der Waals surface area contributed by atoms with Crippen LogP contribution < -0.4 is 9.64 Å². The number of carbonyl (C=O) groups is 2. The molecule has 1 amide bonds. The zero-order valence-electron chi connectivity index (χ0n) is 22.5. The number of carbonyl (C=O) groups excluding carboxylic acids is 1. The highest BCUT2D eigenvalue weighted by Gasteiger charge is 2.44. The Bertz CT molecular complexity index is 1610. The Morgan fingerprint density at radius 1 is 1.02 bits per heavy atom. The Morgan fingerprint density at radius 3 is 2.41 bits per heavy atom. The number of alkyl halides is 3. The van der Waals surface area contributed by atoms with E-state index < -0.39 is 29.2 Å². The minimum Gasteiger partial charge on any atom is -0.487 e. The van der Waals surface area contributed by atoms with Crippen LogP contribution in [0, 0.1) is 6.92 Å². The van der Waals surface area contributed by atoms with E-state index in [1.54, 1.807) is 57.2 Å². The first-order chi connectivity index (χ1) is 19.4. The number of rotatable bonds is 7. The fraction of sp³-hybridized carbons (Fsp3) is 0.258. The molecule has 0 radical (unpaired) electrons. The van der Waals surface area contributed by atoms with Crippen molar-refractivity contribution in [1.29, 1.82) is 0 Å². The maximum absolute atomic E-state index is 13.8. The van der Waals surface area contributed by atoms with Crippen LogP contribution in [0.2, 0.25) is 0 Å². The zero-order chi connectivity index (χ0) is 29.5. The first-order valence-corrected chi connectivity index (χ1v) is 12.9. The highest BCUT2D eigenvalue weighted by molar-refractivity contribution is 6.06. The van der Waals surface area contributed by atoms with Gasteiger partial charge < -0.3 is 14.3 Å². The maximum Gasteiger partial charge on any atom is 0.416 e. The van der Waals surface area contributed by atoms with Crippen LogP contribution in [0.15, 0.2) is 77.2 Å². The lowest BCUT2D eigenvalue weighted by molar-refractivity contribution is -0.140. The van der Waals surface area contributed by atoms with Gasteiger partial charge in [-0.15, -0.1) is 0 Å². The lowest BCUT2D eigenvalue weighted by Crippen LogP contribution is -2.50. The molecular weight excluding hydrogens is 537 g/mol. The van der Waals surface area contributed by atoms with Gasteiger partial charge in [-0.05, 0) is 74.4 Å². The molecule has 10 heteroatoms. The Balaban J connectivity index is 1.33. The topological polar surface area (TPSA) is 92.9 Å². The highest BCUT2D eigenvalue weighted by Crippen LogP contribution is 2.38. The van der Waals surface area contributed by atoms with Gasteiger partial charge in [-0.3, -0.25) is 9.69 Å². The van der Waals surface area contributed by atoms with E-state index in [1.807, 2.05) is 12.1 Å². The van der Waals surface area contributed by atoms with E-state index in [4.69, 9.17) is 9.15 Å². The van der Waals surface area contributed by atoms with Crippen molar-refractivity contribution >= 4 is 17.6 Å². The summed E-state index contributed by atoms with van der Waals surface area (Å²) in [4.78, 5) is 31.6. The van der Waals surface area contributed by atoms with Crippen LogP contribution in [0.25, 0.3) is 11.5 Å². The smallest absolute Gasteiger partial charge is 0.416 e.